The van der Waals surface area contributed by atoms with Gasteiger partial charge in [0.1, 0.15) is 5.75 Å². The first kappa shape index (κ1) is 20.8. The molecule has 3 rings (SSSR count). The summed E-state index contributed by atoms with van der Waals surface area (Å²) in [5.41, 5.74) is 2.37. The van der Waals surface area contributed by atoms with Crippen LogP contribution in [0, 0.1) is 5.92 Å². The van der Waals surface area contributed by atoms with Crippen LogP contribution in [0.5, 0.6) is 5.75 Å². The van der Waals surface area contributed by atoms with Crippen molar-refractivity contribution in [2.75, 3.05) is 6.61 Å². The third-order valence-electron chi connectivity index (χ3n) is 6.09. The highest BCUT2D eigenvalue weighted by molar-refractivity contribution is 5.56. The van der Waals surface area contributed by atoms with Gasteiger partial charge in [0.25, 0.3) is 0 Å². The Kier molecular flexibility index (Phi) is 8.32. The van der Waals surface area contributed by atoms with Gasteiger partial charge in [0.05, 0.1) is 6.61 Å². The largest absolute Gasteiger partial charge is 0.494 e. The number of nitrogens with zero attached hydrogens (tertiary/aromatic N) is 2. The summed E-state index contributed by atoms with van der Waals surface area (Å²) in [5, 5.41) is 0. The van der Waals surface area contributed by atoms with Crippen molar-refractivity contribution >= 4 is 0 Å². The molecule has 152 valence electrons. The number of ether oxygens (including phenoxy) is 1. The van der Waals surface area contributed by atoms with Gasteiger partial charge in [0, 0.05) is 18.0 Å². The molecule has 1 aromatic carbocycles. The highest BCUT2D eigenvalue weighted by Crippen LogP contribution is 2.37. The summed E-state index contributed by atoms with van der Waals surface area (Å²) >= 11 is 0. The zero-order valence-electron chi connectivity index (χ0n) is 17.7. The Balaban J connectivity index is 1.51. The average molecular weight is 381 g/mol. The molecule has 0 N–H and O–H groups in total. The van der Waals surface area contributed by atoms with Gasteiger partial charge in [-0.15, -0.1) is 0 Å². The van der Waals surface area contributed by atoms with E-state index in [2.05, 4.69) is 48.3 Å². The Bertz CT molecular complexity index is 673. The molecule has 0 atom stereocenters. The van der Waals surface area contributed by atoms with E-state index in [1.54, 1.807) is 0 Å². The second-order valence-corrected chi connectivity index (χ2v) is 8.28. The number of benzene rings is 1. The number of aromatic nitrogens is 2. The molecular weight excluding hydrogens is 344 g/mol. The molecule has 0 saturated heterocycles. The number of hydrogen-bond acceptors (Lipinski definition) is 3. The van der Waals surface area contributed by atoms with Crippen molar-refractivity contribution in [2.45, 2.75) is 84.0 Å². The summed E-state index contributed by atoms with van der Waals surface area (Å²) < 4.78 is 5.79. The minimum absolute atomic E-state index is 0.644. The Labute approximate surface area is 171 Å². The van der Waals surface area contributed by atoms with E-state index in [1.807, 2.05) is 12.1 Å². The standard InChI is InChI=1S/C25H36N2O/c1-3-5-7-17-28-24-15-13-22(14-16-24)25-26-18-23(19-27-25)21-11-9-20(10-12-21)8-6-4-2/h13-16,18-21H,3-12,17H2,1-2H3/t20-,21-. The summed E-state index contributed by atoms with van der Waals surface area (Å²) in [6.07, 6.45) is 17.1. The van der Waals surface area contributed by atoms with Crippen LogP contribution in [0.3, 0.4) is 0 Å². The van der Waals surface area contributed by atoms with E-state index >= 15 is 0 Å². The monoisotopic (exact) mass is 380 g/mol. The summed E-state index contributed by atoms with van der Waals surface area (Å²) in [4.78, 5) is 9.31. The topological polar surface area (TPSA) is 35.0 Å². The first-order valence-electron chi connectivity index (χ1n) is 11.3. The zero-order chi connectivity index (χ0) is 19.6. The Morgan fingerprint density at radius 3 is 2.18 bits per heavy atom. The van der Waals surface area contributed by atoms with Crippen LogP contribution < -0.4 is 4.74 Å². The van der Waals surface area contributed by atoms with Gasteiger partial charge in [-0.2, -0.15) is 0 Å². The molecule has 1 aliphatic rings. The molecule has 1 saturated carbocycles. The second-order valence-electron chi connectivity index (χ2n) is 8.28. The van der Waals surface area contributed by atoms with Crippen LogP contribution in [0.25, 0.3) is 11.4 Å². The van der Waals surface area contributed by atoms with Gasteiger partial charge in [-0.3, -0.25) is 0 Å². The van der Waals surface area contributed by atoms with Gasteiger partial charge < -0.3 is 4.74 Å². The van der Waals surface area contributed by atoms with Gasteiger partial charge in [0.15, 0.2) is 5.82 Å². The molecule has 28 heavy (non-hydrogen) atoms. The van der Waals surface area contributed by atoms with E-state index in [1.165, 1.54) is 63.4 Å². The lowest BCUT2D eigenvalue weighted by Crippen LogP contribution is -2.13. The van der Waals surface area contributed by atoms with E-state index in [-0.39, 0.29) is 0 Å². The molecule has 1 aromatic heterocycles. The van der Waals surface area contributed by atoms with E-state index in [0.29, 0.717) is 5.92 Å². The Hall–Kier alpha value is -1.90. The molecule has 0 aliphatic heterocycles. The summed E-state index contributed by atoms with van der Waals surface area (Å²) in [6.45, 7) is 5.29. The summed E-state index contributed by atoms with van der Waals surface area (Å²) in [5.74, 6) is 3.32. The van der Waals surface area contributed by atoms with Gasteiger partial charge in [-0.05, 0) is 73.8 Å². The predicted molar refractivity (Wildman–Crippen MR) is 117 cm³/mol. The van der Waals surface area contributed by atoms with Gasteiger partial charge in [0.2, 0.25) is 0 Å². The van der Waals surface area contributed by atoms with Gasteiger partial charge >= 0.3 is 0 Å². The van der Waals surface area contributed by atoms with Gasteiger partial charge in [-0.25, -0.2) is 9.97 Å². The van der Waals surface area contributed by atoms with Crippen molar-refractivity contribution in [1.82, 2.24) is 9.97 Å². The number of rotatable bonds is 10. The molecular formula is C25H36N2O. The first-order chi connectivity index (χ1) is 13.8. The molecule has 0 unspecified atom stereocenters. The molecule has 1 aliphatic carbocycles. The molecule has 0 spiro atoms. The molecule has 0 amide bonds. The number of unbranched alkanes of at least 4 members (excludes halogenated alkanes) is 3. The maximum Gasteiger partial charge on any atom is 0.159 e. The third-order valence-corrected chi connectivity index (χ3v) is 6.09. The lowest BCUT2D eigenvalue weighted by atomic mass is 9.78. The molecule has 3 nitrogen and oxygen atoms in total. The third kappa shape index (κ3) is 6.05. The minimum Gasteiger partial charge on any atom is -0.494 e. The fraction of sp³-hybridized carbons (Fsp3) is 0.600. The molecule has 1 heterocycles. The maximum atomic E-state index is 5.79. The first-order valence-corrected chi connectivity index (χ1v) is 11.3. The van der Waals surface area contributed by atoms with Crippen molar-refractivity contribution in [3.05, 3.63) is 42.2 Å². The molecule has 3 heteroatoms. The second kappa shape index (κ2) is 11.2. The fourth-order valence-electron chi connectivity index (χ4n) is 4.22. The minimum atomic E-state index is 0.644. The lowest BCUT2D eigenvalue weighted by Gasteiger charge is -2.28. The van der Waals surface area contributed by atoms with Crippen molar-refractivity contribution in [3.63, 3.8) is 0 Å². The van der Waals surface area contributed by atoms with E-state index in [4.69, 9.17) is 4.74 Å². The average Bonchev–Trinajstić information content (AvgIpc) is 2.76. The van der Waals surface area contributed by atoms with Crippen molar-refractivity contribution in [2.24, 2.45) is 5.92 Å². The van der Waals surface area contributed by atoms with E-state index in [9.17, 15) is 0 Å². The van der Waals surface area contributed by atoms with Crippen LogP contribution in [0.4, 0.5) is 0 Å². The Morgan fingerprint density at radius 2 is 1.54 bits per heavy atom. The SMILES string of the molecule is CCCCCOc1ccc(-c2ncc([C@H]3CC[C@H](CCCC)CC3)cn2)cc1. The van der Waals surface area contributed by atoms with Gasteiger partial charge in [-0.1, -0.05) is 46.0 Å². The zero-order valence-corrected chi connectivity index (χ0v) is 17.7. The van der Waals surface area contributed by atoms with Crippen LogP contribution >= 0.6 is 0 Å². The highest BCUT2D eigenvalue weighted by atomic mass is 16.5. The maximum absolute atomic E-state index is 5.79. The van der Waals surface area contributed by atoms with Crippen LogP contribution in [0.2, 0.25) is 0 Å². The normalized spacial score (nSPS) is 19.5. The molecule has 2 aromatic rings. The van der Waals surface area contributed by atoms with Crippen LogP contribution in [0.15, 0.2) is 36.7 Å². The van der Waals surface area contributed by atoms with Crippen LogP contribution in [0.1, 0.15) is 89.5 Å². The van der Waals surface area contributed by atoms with Crippen molar-refractivity contribution in [1.29, 1.82) is 0 Å². The van der Waals surface area contributed by atoms with Crippen LogP contribution in [-0.2, 0) is 0 Å². The van der Waals surface area contributed by atoms with E-state index in [0.717, 1.165) is 36.1 Å². The van der Waals surface area contributed by atoms with Crippen molar-refractivity contribution < 1.29 is 4.74 Å². The molecule has 0 radical (unpaired) electrons. The number of hydrogen-bond donors (Lipinski definition) is 0. The highest BCUT2D eigenvalue weighted by Gasteiger charge is 2.22. The summed E-state index contributed by atoms with van der Waals surface area (Å²) in [6, 6.07) is 8.17. The smallest absolute Gasteiger partial charge is 0.159 e. The fourth-order valence-corrected chi connectivity index (χ4v) is 4.22. The lowest BCUT2D eigenvalue weighted by molar-refractivity contribution is 0.304. The van der Waals surface area contributed by atoms with Crippen LogP contribution in [-0.4, -0.2) is 16.6 Å². The van der Waals surface area contributed by atoms with E-state index < -0.39 is 0 Å². The molecule has 0 bridgehead atoms. The summed E-state index contributed by atoms with van der Waals surface area (Å²) in [7, 11) is 0. The quantitative estimate of drug-likeness (QED) is 0.410. The van der Waals surface area contributed by atoms with Crippen molar-refractivity contribution in [3.8, 4) is 17.1 Å². The predicted octanol–water partition coefficient (Wildman–Crippen LogP) is 7.18. The molecule has 1 fully saturated rings. The Morgan fingerprint density at radius 1 is 0.857 bits per heavy atom.